The lowest BCUT2D eigenvalue weighted by Gasteiger charge is -2.02. The fourth-order valence-corrected chi connectivity index (χ4v) is 1.61. The minimum atomic E-state index is -0.931. The molecular formula is C10H9ClN2O3. The largest absolute Gasteiger partial charge is 0.481 e. The van der Waals surface area contributed by atoms with Gasteiger partial charge in [-0.05, 0) is 18.6 Å². The highest BCUT2D eigenvalue weighted by molar-refractivity contribution is 6.30. The number of carboxylic acids is 1. The molecule has 0 radical (unpaired) electrons. The first-order chi connectivity index (χ1) is 7.58. The van der Waals surface area contributed by atoms with Gasteiger partial charge in [0.2, 0.25) is 5.91 Å². The third kappa shape index (κ3) is 2.30. The van der Waals surface area contributed by atoms with Crippen molar-refractivity contribution in [1.29, 1.82) is 0 Å². The highest BCUT2D eigenvalue weighted by Crippen LogP contribution is 2.39. The Balaban J connectivity index is 1.96. The Bertz CT molecular complexity index is 449. The Labute approximate surface area is 96.4 Å². The van der Waals surface area contributed by atoms with Gasteiger partial charge in [-0.25, -0.2) is 4.98 Å². The van der Waals surface area contributed by atoms with Gasteiger partial charge in [0.1, 0.15) is 5.82 Å². The summed E-state index contributed by atoms with van der Waals surface area (Å²) in [4.78, 5) is 26.0. The summed E-state index contributed by atoms with van der Waals surface area (Å²) < 4.78 is 0. The van der Waals surface area contributed by atoms with Crippen LogP contribution in [0.2, 0.25) is 5.02 Å². The molecule has 1 heterocycles. The van der Waals surface area contributed by atoms with Gasteiger partial charge in [-0.15, -0.1) is 0 Å². The topological polar surface area (TPSA) is 79.3 Å². The van der Waals surface area contributed by atoms with Gasteiger partial charge in [-0.3, -0.25) is 9.59 Å². The number of nitrogens with one attached hydrogen (secondary N) is 1. The molecular weight excluding hydrogens is 232 g/mol. The third-order valence-corrected chi connectivity index (χ3v) is 2.65. The minimum absolute atomic E-state index is 0.317. The molecule has 1 amide bonds. The van der Waals surface area contributed by atoms with Gasteiger partial charge >= 0.3 is 5.97 Å². The molecule has 0 saturated heterocycles. The number of rotatable bonds is 3. The summed E-state index contributed by atoms with van der Waals surface area (Å²) in [6, 6.07) is 3.10. The van der Waals surface area contributed by atoms with Crippen molar-refractivity contribution in [2.45, 2.75) is 6.42 Å². The van der Waals surface area contributed by atoms with Crippen molar-refractivity contribution in [3.63, 3.8) is 0 Å². The molecule has 1 saturated carbocycles. The number of aliphatic carboxylic acids is 1. The molecule has 16 heavy (non-hydrogen) atoms. The normalized spacial score (nSPS) is 22.6. The predicted octanol–water partition coefficient (Wildman–Crippen LogP) is 1.39. The van der Waals surface area contributed by atoms with E-state index in [1.54, 1.807) is 6.07 Å². The van der Waals surface area contributed by atoms with Gasteiger partial charge in [-0.2, -0.15) is 0 Å². The van der Waals surface area contributed by atoms with Crippen molar-refractivity contribution in [3.05, 3.63) is 23.4 Å². The number of carbonyl (C=O) groups is 2. The minimum Gasteiger partial charge on any atom is -0.481 e. The van der Waals surface area contributed by atoms with Crippen LogP contribution < -0.4 is 5.32 Å². The highest BCUT2D eigenvalue weighted by atomic mass is 35.5. The second kappa shape index (κ2) is 4.09. The molecule has 1 fully saturated rings. The van der Waals surface area contributed by atoms with E-state index in [4.69, 9.17) is 16.7 Å². The molecule has 1 aliphatic rings. The van der Waals surface area contributed by atoms with Crippen molar-refractivity contribution in [2.75, 3.05) is 5.32 Å². The Morgan fingerprint density at radius 2 is 2.25 bits per heavy atom. The molecule has 2 N–H and O–H groups in total. The summed E-state index contributed by atoms with van der Waals surface area (Å²) in [5, 5.41) is 11.7. The van der Waals surface area contributed by atoms with Gasteiger partial charge in [0.05, 0.1) is 11.8 Å². The lowest BCUT2D eigenvalue weighted by molar-refractivity contribution is -0.139. The van der Waals surface area contributed by atoms with Crippen LogP contribution in [0.1, 0.15) is 6.42 Å². The maximum atomic E-state index is 11.5. The van der Waals surface area contributed by atoms with Crippen LogP contribution in [-0.2, 0) is 9.59 Å². The zero-order valence-corrected chi connectivity index (χ0v) is 8.94. The van der Waals surface area contributed by atoms with Crippen LogP contribution in [0.3, 0.4) is 0 Å². The Hall–Kier alpha value is -1.62. The summed E-state index contributed by atoms with van der Waals surface area (Å²) in [5.74, 6) is -1.91. The van der Waals surface area contributed by atoms with Crippen LogP contribution in [0.15, 0.2) is 18.3 Å². The second-order valence-corrected chi connectivity index (χ2v) is 4.07. The van der Waals surface area contributed by atoms with Crippen LogP contribution in [0.25, 0.3) is 0 Å². The first kappa shape index (κ1) is 10.9. The van der Waals surface area contributed by atoms with E-state index < -0.39 is 17.8 Å². The summed E-state index contributed by atoms with van der Waals surface area (Å²) in [7, 11) is 0. The van der Waals surface area contributed by atoms with Crippen LogP contribution in [0.5, 0.6) is 0 Å². The van der Waals surface area contributed by atoms with E-state index in [0.717, 1.165) is 0 Å². The average Bonchev–Trinajstić information content (AvgIpc) is 2.96. The molecule has 0 bridgehead atoms. The van der Waals surface area contributed by atoms with E-state index in [1.165, 1.54) is 12.3 Å². The lowest BCUT2D eigenvalue weighted by atomic mass is 10.3. The number of halogens is 1. The highest BCUT2D eigenvalue weighted by Gasteiger charge is 2.48. The maximum absolute atomic E-state index is 11.5. The van der Waals surface area contributed by atoms with Gasteiger partial charge in [0.25, 0.3) is 0 Å². The SMILES string of the molecule is O=C(O)[C@H]1C[C@H]1C(=O)Nc1cc(Cl)ccn1. The lowest BCUT2D eigenvalue weighted by Crippen LogP contribution is -2.17. The summed E-state index contributed by atoms with van der Waals surface area (Å²) in [6.07, 6.45) is 1.86. The van der Waals surface area contributed by atoms with Gasteiger partial charge in [0, 0.05) is 11.2 Å². The number of hydrogen-bond acceptors (Lipinski definition) is 3. The van der Waals surface area contributed by atoms with E-state index in [-0.39, 0.29) is 5.91 Å². The second-order valence-electron chi connectivity index (χ2n) is 3.64. The van der Waals surface area contributed by atoms with Crippen LogP contribution in [0, 0.1) is 11.8 Å². The van der Waals surface area contributed by atoms with E-state index in [9.17, 15) is 9.59 Å². The predicted molar refractivity (Wildman–Crippen MR) is 57.1 cm³/mol. The number of pyridine rings is 1. The van der Waals surface area contributed by atoms with Gasteiger partial charge in [0.15, 0.2) is 0 Å². The fraction of sp³-hybridized carbons (Fsp3) is 0.300. The van der Waals surface area contributed by atoms with Gasteiger partial charge in [-0.1, -0.05) is 11.6 Å². The average molecular weight is 241 g/mol. The molecule has 84 valence electrons. The number of amides is 1. The summed E-state index contributed by atoms with van der Waals surface area (Å²) in [5.41, 5.74) is 0. The van der Waals surface area contributed by atoms with Crippen molar-refractivity contribution in [1.82, 2.24) is 4.98 Å². The molecule has 0 aliphatic heterocycles. The molecule has 0 unspecified atom stereocenters. The van der Waals surface area contributed by atoms with Crippen molar-refractivity contribution in [2.24, 2.45) is 11.8 Å². The zero-order chi connectivity index (χ0) is 11.7. The molecule has 1 aromatic rings. The number of hydrogen-bond donors (Lipinski definition) is 2. The summed E-state index contributed by atoms with van der Waals surface area (Å²) >= 11 is 5.72. The molecule has 1 aromatic heterocycles. The summed E-state index contributed by atoms with van der Waals surface area (Å²) in [6.45, 7) is 0. The smallest absolute Gasteiger partial charge is 0.307 e. The molecule has 2 atom stereocenters. The quantitative estimate of drug-likeness (QED) is 0.837. The maximum Gasteiger partial charge on any atom is 0.307 e. The van der Waals surface area contributed by atoms with Crippen molar-refractivity contribution in [3.8, 4) is 0 Å². The zero-order valence-electron chi connectivity index (χ0n) is 8.18. The van der Waals surface area contributed by atoms with Crippen LogP contribution >= 0.6 is 11.6 Å². The standard InChI is InChI=1S/C10H9ClN2O3/c11-5-1-2-12-8(3-5)13-9(14)6-4-7(6)10(15)16/h1-3,6-7H,4H2,(H,15,16)(H,12,13,14)/t6-,7+/m1/s1. The van der Waals surface area contributed by atoms with Gasteiger partial charge < -0.3 is 10.4 Å². The van der Waals surface area contributed by atoms with Crippen LogP contribution in [-0.4, -0.2) is 22.0 Å². The number of nitrogens with zero attached hydrogens (tertiary/aromatic N) is 1. The van der Waals surface area contributed by atoms with E-state index in [2.05, 4.69) is 10.3 Å². The van der Waals surface area contributed by atoms with Crippen LogP contribution in [0.4, 0.5) is 5.82 Å². The van der Waals surface area contributed by atoms with Crippen molar-refractivity contribution < 1.29 is 14.7 Å². The Kier molecular flexibility index (Phi) is 2.78. The first-order valence-corrected chi connectivity index (χ1v) is 5.11. The number of anilines is 1. The number of carboxylic acid groups (broad SMARTS) is 1. The number of carbonyl (C=O) groups excluding carboxylic acids is 1. The fourth-order valence-electron chi connectivity index (χ4n) is 1.45. The monoisotopic (exact) mass is 240 g/mol. The molecule has 2 rings (SSSR count). The number of aromatic nitrogens is 1. The molecule has 1 aliphatic carbocycles. The molecule has 0 aromatic carbocycles. The molecule has 6 heteroatoms. The van der Waals surface area contributed by atoms with E-state index in [1.807, 2.05) is 0 Å². The Morgan fingerprint density at radius 1 is 1.50 bits per heavy atom. The Morgan fingerprint density at radius 3 is 2.81 bits per heavy atom. The molecule has 0 spiro atoms. The van der Waals surface area contributed by atoms with E-state index >= 15 is 0 Å². The third-order valence-electron chi connectivity index (χ3n) is 2.42. The molecule has 5 nitrogen and oxygen atoms in total. The first-order valence-electron chi connectivity index (χ1n) is 4.73. The van der Waals surface area contributed by atoms with Crippen molar-refractivity contribution >= 4 is 29.3 Å². The van der Waals surface area contributed by atoms with E-state index in [0.29, 0.717) is 17.3 Å².